The van der Waals surface area contributed by atoms with E-state index in [2.05, 4.69) is 13.0 Å². The lowest BCUT2D eigenvalue weighted by Crippen LogP contribution is -2.34. The normalized spacial score (nSPS) is 17.7. The fourth-order valence-corrected chi connectivity index (χ4v) is 2.91. The van der Waals surface area contributed by atoms with Crippen LogP contribution in [0, 0.1) is 5.82 Å². The Morgan fingerprint density at radius 1 is 1.20 bits per heavy atom. The summed E-state index contributed by atoms with van der Waals surface area (Å²) in [5.41, 5.74) is 2.99. The van der Waals surface area contributed by atoms with E-state index < -0.39 is 0 Å². The minimum Gasteiger partial charge on any atom is -0.335 e. The van der Waals surface area contributed by atoms with Gasteiger partial charge in [-0.05, 0) is 43.5 Å². The number of rotatable bonds is 2. The Labute approximate surface area is 117 Å². The average Bonchev–Trinajstić information content (AvgIpc) is 2.48. The number of carbonyl (C=O) groups is 1. The maximum atomic E-state index is 14.3. The van der Waals surface area contributed by atoms with Gasteiger partial charge in [0.2, 0.25) is 0 Å². The molecule has 1 unspecified atom stereocenters. The summed E-state index contributed by atoms with van der Waals surface area (Å²) in [5, 5.41) is 0. The fraction of sp³-hybridized carbons (Fsp3) is 0.235. The first kappa shape index (κ1) is 12.9. The quantitative estimate of drug-likeness (QED) is 0.765. The summed E-state index contributed by atoms with van der Waals surface area (Å²) < 4.78 is 14.3. The first-order chi connectivity index (χ1) is 9.72. The number of fused-ring (bicyclic) bond motifs is 1. The first-order valence-electron chi connectivity index (χ1n) is 6.83. The number of anilines is 2. The van der Waals surface area contributed by atoms with Crippen LogP contribution in [0.5, 0.6) is 0 Å². The summed E-state index contributed by atoms with van der Waals surface area (Å²) >= 11 is 0. The van der Waals surface area contributed by atoms with E-state index in [-0.39, 0.29) is 11.9 Å². The van der Waals surface area contributed by atoms with Gasteiger partial charge in [-0.1, -0.05) is 24.3 Å². The van der Waals surface area contributed by atoms with Gasteiger partial charge in [-0.15, -0.1) is 0 Å². The SMILES string of the molecule is CC1CCc2ccccc2N1c1c(F)cccc1C=O. The molecular formula is C17H16FNO. The molecular weight excluding hydrogens is 253 g/mol. The molecule has 1 atom stereocenters. The van der Waals surface area contributed by atoms with Crippen molar-refractivity contribution < 1.29 is 9.18 Å². The van der Waals surface area contributed by atoms with Crippen LogP contribution in [-0.4, -0.2) is 12.3 Å². The van der Waals surface area contributed by atoms with E-state index >= 15 is 0 Å². The van der Waals surface area contributed by atoms with Crippen molar-refractivity contribution in [3.8, 4) is 0 Å². The summed E-state index contributed by atoms with van der Waals surface area (Å²) in [6.07, 6.45) is 2.66. The number of aldehydes is 1. The Bertz CT molecular complexity index is 653. The Kier molecular flexibility index (Phi) is 3.26. The van der Waals surface area contributed by atoms with Crippen LogP contribution in [0.1, 0.15) is 29.3 Å². The molecule has 0 saturated carbocycles. The Hall–Kier alpha value is -2.16. The molecule has 2 aromatic carbocycles. The highest BCUT2D eigenvalue weighted by molar-refractivity contribution is 5.88. The summed E-state index contributed by atoms with van der Waals surface area (Å²) in [7, 11) is 0. The Morgan fingerprint density at radius 2 is 2.00 bits per heavy atom. The third kappa shape index (κ3) is 1.99. The minimum atomic E-state index is -0.349. The maximum Gasteiger partial charge on any atom is 0.152 e. The molecule has 0 aliphatic carbocycles. The number of hydrogen-bond donors (Lipinski definition) is 0. The molecule has 2 aromatic rings. The molecule has 2 nitrogen and oxygen atoms in total. The molecule has 3 rings (SSSR count). The smallest absolute Gasteiger partial charge is 0.152 e. The van der Waals surface area contributed by atoms with Gasteiger partial charge in [0.1, 0.15) is 5.82 Å². The van der Waals surface area contributed by atoms with Crippen LogP contribution in [0.25, 0.3) is 0 Å². The van der Waals surface area contributed by atoms with Gasteiger partial charge < -0.3 is 4.90 Å². The molecule has 20 heavy (non-hydrogen) atoms. The van der Waals surface area contributed by atoms with Gasteiger partial charge in [0.25, 0.3) is 0 Å². The van der Waals surface area contributed by atoms with Gasteiger partial charge in [0, 0.05) is 17.3 Å². The molecule has 0 fully saturated rings. The highest BCUT2D eigenvalue weighted by atomic mass is 19.1. The van der Waals surface area contributed by atoms with Crippen molar-refractivity contribution in [1.29, 1.82) is 0 Å². The zero-order valence-corrected chi connectivity index (χ0v) is 11.3. The highest BCUT2D eigenvalue weighted by Crippen LogP contribution is 2.39. The van der Waals surface area contributed by atoms with Crippen LogP contribution in [0.3, 0.4) is 0 Å². The summed E-state index contributed by atoms with van der Waals surface area (Å²) in [6.45, 7) is 2.07. The van der Waals surface area contributed by atoms with Crippen LogP contribution in [0.2, 0.25) is 0 Å². The van der Waals surface area contributed by atoms with Gasteiger partial charge >= 0.3 is 0 Å². The molecule has 0 N–H and O–H groups in total. The lowest BCUT2D eigenvalue weighted by Gasteiger charge is -2.37. The van der Waals surface area contributed by atoms with E-state index in [1.807, 2.05) is 23.1 Å². The van der Waals surface area contributed by atoms with Crippen LogP contribution >= 0.6 is 0 Å². The molecule has 1 aliphatic heterocycles. The zero-order chi connectivity index (χ0) is 14.1. The second kappa shape index (κ2) is 5.08. The summed E-state index contributed by atoms with van der Waals surface area (Å²) in [5.74, 6) is -0.349. The molecule has 102 valence electrons. The van der Waals surface area contributed by atoms with Crippen LogP contribution in [0.15, 0.2) is 42.5 Å². The van der Waals surface area contributed by atoms with Crippen LogP contribution in [0.4, 0.5) is 15.8 Å². The predicted octanol–water partition coefficient (Wildman–Crippen LogP) is 4.11. The van der Waals surface area contributed by atoms with Crippen molar-refractivity contribution in [2.75, 3.05) is 4.90 Å². The van der Waals surface area contributed by atoms with Crippen LogP contribution < -0.4 is 4.90 Å². The number of carbonyl (C=O) groups excluding carboxylic acids is 1. The molecule has 0 saturated heterocycles. The highest BCUT2D eigenvalue weighted by Gasteiger charge is 2.27. The van der Waals surface area contributed by atoms with Crippen molar-refractivity contribution in [2.45, 2.75) is 25.8 Å². The number of hydrogen-bond acceptors (Lipinski definition) is 2. The van der Waals surface area contributed by atoms with Crippen molar-refractivity contribution in [2.24, 2.45) is 0 Å². The molecule has 0 radical (unpaired) electrons. The van der Waals surface area contributed by atoms with E-state index in [0.717, 1.165) is 24.8 Å². The minimum absolute atomic E-state index is 0.167. The largest absolute Gasteiger partial charge is 0.335 e. The lowest BCUT2D eigenvalue weighted by atomic mass is 9.95. The topological polar surface area (TPSA) is 20.3 Å². The van der Waals surface area contributed by atoms with Gasteiger partial charge in [0.05, 0.1) is 5.69 Å². The monoisotopic (exact) mass is 269 g/mol. The van der Waals surface area contributed by atoms with E-state index in [1.165, 1.54) is 11.6 Å². The van der Waals surface area contributed by atoms with Crippen molar-refractivity contribution in [1.82, 2.24) is 0 Å². The van der Waals surface area contributed by atoms with E-state index in [9.17, 15) is 9.18 Å². The molecule has 1 heterocycles. The molecule has 1 aliphatic rings. The number of aryl methyl sites for hydroxylation is 1. The van der Waals surface area contributed by atoms with Crippen molar-refractivity contribution >= 4 is 17.7 Å². The first-order valence-corrected chi connectivity index (χ1v) is 6.83. The number of benzene rings is 2. The van der Waals surface area contributed by atoms with Crippen LogP contribution in [-0.2, 0) is 6.42 Å². The maximum absolute atomic E-state index is 14.3. The van der Waals surface area contributed by atoms with Crippen molar-refractivity contribution in [3.63, 3.8) is 0 Å². The standard InChI is InChI=1S/C17H16FNO/c1-12-9-10-13-5-2-3-8-16(13)19(12)17-14(11-20)6-4-7-15(17)18/h2-8,11-12H,9-10H2,1H3. The summed E-state index contributed by atoms with van der Waals surface area (Å²) in [6, 6.07) is 12.8. The Morgan fingerprint density at radius 3 is 2.80 bits per heavy atom. The molecule has 3 heteroatoms. The lowest BCUT2D eigenvalue weighted by molar-refractivity contribution is 0.112. The third-order valence-corrected chi connectivity index (χ3v) is 3.91. The van der Waals surface area contributed by atoms with E-state index in [4.69, 9.17) is 0 Å². The van der Waals surface area contributed by atoms with Gasteiger partial charge in [0.15, 0.2) is 6.29 Å². The fourth-order valence-electron chi connectivity index (χ4n) is 2.91. The van der Waals surface area contributed by atoms with Gasteiger partial charge in [-0.25, -0.2) is 4.39 Å². The Balaban J connectivity index is 2.21. The summed E-state index contributed by atoms with van der Waals surface area (Å²) in [4.78, 5) is 13.2. The zero-order valence-electron chi connectivity index (χ0n) is 11.3. The second-order valence-electron chi connectivity index (χ2n) is 5.18. The third-order valence-electron chi connectivity index (χ3n) is 3.91. The van der Waals surface area contributed by atoms with Crippen molar-refractivity contribution in [3.05, 3.63) is 59.4 Å². The predicted molar refractivity (Wildman–Crippen MR) is 78.2 cm³/mol. The molecule has 0 amide bonds. The molecule has 0 aromatic heterocycles. The average molecular weight is 269 g/mol. The van der Waals surface area contributed by atoms with E-state index in [1.54, 1.807) is 12.1 Å². The van der Waals surface area contributed by atoms with Gasteiger partial charge in [-0.2, -0.15) is 0 Å². The number of para-hydroxylation sites is 2. The number of nitrogens with zero attached hydrogens (tertiary/aromatic N) is 1. The van der Waals surface area contributed by atoms with Gasteiger partial charge in [-0.3, -0.25) is 4.79 Å². The second-order valence-corrected chi connectivity index (χ2v) is 5.18. The van der Waals surface area contributed by atoms with E-state index in [0.29, 0.717) is 11.3 Å². The molecule has 0 bridgehead atoms. The molecule has 0 spiro atoms. The number of halogens is 1.